The summed E-state index contributed by atoms with van der Waals surface area (Å²) in [4.78, 5) is 10.7. The van der Waals surface area contributed by atoms with Gasteiger partial charge in [-0.25, -0.2) is 0 Å². The molecule has 1 aromatic heterocycles. The fraction of sp³-hybridized carbons (Fsp3) is 0.625. The predicted octanol–water partition coefficient (Wildman–Crippen LogP) is 1.42. The van der Waals surface area contributed by atoms with Crippen molar-refractivity contribution < 1.29 is 13.9 Å². The maximum absolute atomic E-state index is 10.7. The van der Waals surface area contributed by atoms with Crippen LogP contribution >= 0.6 is 11.8 Å². The molecule has 6 heteroatoms. The Morgan fingerprint density at radius 3 is 2.93 bits per heavy atom. The van der Waals surface area contributed by atoms with E-state index in [4.69, 9.17) is 4.42 Å². The van der Waals surface area contributed by atoms with Gasteiger partial charge in [0, 0.05) is 19.1 Å². The molecule has 78 valence electrons. The molecule has 0 N–H and O–H groups in total. The van der Waals surface area contributed by atoms with Gasteiger partial charge < -0.3 is 9.15 Å². The highest BCUT2D eigenvalue weighted by Crippen LogP contribution is 2.17. The van der Waals surface area contributed by atoms with Crippen LogP contribution in [0.3, 0.4) is 0 Å². The van der Waals surface area contributed by atoms with Crippen molar-refractivity contribution in [3.63, 3.8) is 0 Å². The Labute approximate surface area is 86.2 Å². The van der Waals surface area contributed by atoms with Gasteiger partial charge in [0.25, 0.3) is 5.22 Å². The minimum absolute atomic E-state index is 0.188. The van der Waals surface area contributed by atoms with E-state index in [1.165, 1.54) is 18.9 Å². The van der Waals surface area contributed by atoms with E-state index in [1.54, 1.807) is 6.92 Å². The Balaban J connectivity index is 2.13. The van der Waals surface area contributed by atoms with Crippen LogP contribution in [0.5, 0.6) is 0 Å². The molecular weight excluding hydrogens is 204 g/mol. The van der Waals surface area contributed by atoms with Gasteiger partial charge in [-0.2, -0.15) is 0 Å². The summed E-state index contributed by atoms with van der Waals surface area (Å²) in [5.74, 6) is 1.14. The first-order chi connectivity index (χ1) is 6.72. The molecule has 0 amide bonds. The van der Waals surface area contributed by atoms with Gasteiger partial charge in [0.15, 0.2) is 0 Å². The number of aromatic nitrogens is 2. The smallest absolute Gasteiger partial charge is 0.305 e. The maximum atomic E-state index is 10.7. The molecule has 0 aliphatic heterocycles. The molecule has 0 unspecified atom stereocenters. The zero-order chi connectivity index (χ0) is 10.4. The van der Waals surface area contributed by atoms with Crippen LogP contribution in [0.1, 0.15) is 18.7 Å². The van der Waals surface area contributed by atoms with Crippen molar-refractivity contribution in [3.05, 3.63) is 5.89 Å². The minimum Gasteiger partial charge on any atom is -0.469 e. The average molecular weight is 216 g/mol. The Kier molecular flexibility index (Phi) is 4.45. The van der Waals surface area contributed by atoms with Crippen LogP contribution in [-0.4, -0.2) is 29.0 Å². The van der Waals surface area contributed by atoms with Gasteiger partial charge in [0.05, 0.1) is 7.11 Å². The van der Waals surface area contributed by atoms with Crippen molar-refractivity contribution in [2.24, 2.45) is 0 Å². The van der Waals surface area contributed by atoms with E-state index < -0.39 is 0 Å². The monoisotopic (exact) mass is 216 g/mol. The van der Waals surface area contributed by atoms with Crippen LogP contribution in [0.15, 0.2) is 9.64 Å². The molecule has 0 saturated heterocycles. The summed E-state index contributed by atoms with van der Waals surface area (Å²) in [7, 11) is 1.39. The lowest BCUT2D eigenvalue weighted by Gasteiger charge is -1.96. The molecule has 1 rings (SSSR count). The van der Waals surface area contributed by atoms with Gasteiger partial charge in [-0.3, -0.25) is 4.79 Å². The Hall–Kier alpha value is -1.04. The molecule has 0 fully saturated rings. The van der Waals surface area contributed by atoms with Crippen LogP contribution in [0.4, 0.5) is 0 Å². The van der Waals surface area contributed by atoms with Crippen molar-refractivity contribution >= 4 is 17.7 Å². The van der Waals surface area contributed by atoms with Gasteiger partial charge in [-0.15, -0.1) is 10.2 Å². The number of ether oxygens (including phenoxy) is 1. The standard InChI is InChI=1S/C8H12N2O3S/c1-6-9-10-8(13-6)14-5-3-4-7(11)12-2/h3-5H2,1-2H3. The summed E-state index contributed by atoms with van der Waals surface area (Å²) < 4.78 is 9.65. The molecule has 1 aromatic rings. The number of hydrogen-bond donors (Lipinski definition) is 0. The van der Waals surface area contributed by atoms with Crippen LogP contribution < -0.4 is 0 Å². The third-order valence-electron chi connectivity index (χ3n) is 1.49. The lowest BCUT2D eigenvalue weighted by atomic mass is 10.3. The van der Waals surface area contributed by atoms with Crippen molar-refractivity contribution in [1.82, 2.24) is 10.2 Å². The molecule has 1 heterocycles. The lowest BCUT2D eigenvalue weighted by molar-refractivity contribution is -0.140. The third-order valence-corrected chi connectivity index (χ3v) is 2.39. The van der Waals surface area contributed by atoms with Gasteiger partial charge in [0.1, 0.15) is 0 Å². The molecule has 0 bridgehead atoms. The highest BCUT2D eigenvalue weighted by Gasteiger charge is 2.04. The minimum atomic E-state index is -0.188. The fourth-order valence-electron chi connectivity index (χ4n) is 0.815. The number of esters is 1. The molecule has 0 spiro atoms. The number of nitrogens with zero attached hydrogens (tertiary/aromatic N) is 2. The number of hydrogen-bond acceptors (Lipinski definition) is 6. The second-order valence-electron chi connectivity index (χ2n) is 2.62. The number of thioether (sulfide) groups is 1. The zero-order valence-electron chi connectivity index (χ0n) is 8.15. The predicted molar refractivity (Wildman–Crippen MR) is 51.0 cm³/mol. The van der Waals surface area contributed by atoms with Crippen LogP contribution in [0.25, 0.3) is 0 Å². The largest absolute Gasteiger partial charge is 0.469 e. The molecule has 14 heavy (non-hydrogen) atoms. The molecule has 0 aliphatic rings. The van der Waals surface area contributed by atoms with Crippen molar-refractivity contribution in [3.8, 4) is 0 Å². The fourth-order valence-corrected chi connectivity index (χ4v) is 1.56. The highest BCUT2D eigenvalue weighted by molar-refractivity contribution is 7.99. The van der Waals surface area contributed by atoms with Gasteiger partial charge >= 0.3 is 5.97 Å². The van der Waals surface area contributed by atoms with Crippen molar-refractivity contribution in [2.45, 2.75) is 25.0 Å². The first kappa shape index (κ1) is 11.0. The summed E-state index contributed by atoms with van der Waals surface area (Å²) in [6, 6.07) is 0. The van der Waals surface area contributed by atoms with Crippen LogP contribution in [0.2, 0.25) is 0 Å². The summed E-state index contributed by atoms with van der Waals surface area (Å²) in [5.41, 5.74) is 0. The summed E-state index contributed by atoms with van der Waals surface area (Å²) in [6.45, 7) is 1.74. The first-order valence-corrected chi connectivity index (χ1v) is 5.20. The van der Waals surface area contributed by atoms with Crippen LogP contribution in [0, 0.1) is 6.92 Å². The van der Waals surface area contributed by atoms with Gasteiger partial charge in [-0.1, -0.05) is 11.8 Å². The first-order valence-electron chi connectivity index (χ1n) is 4.22. The third kappa shape index (κ3) is 3.78. The van der Waals surface area contributed by atoms with E-state index in [9.17, 15) is 4.79 Å². The number of rotatable bonds is 5. The lowest BCUT2D eigenvalue weighted by Crippen LogP contribution is -1.99. The highest BCUT2D eigenvalue weighted by atomic mass is 32.2. The molecule has 0 aromatic carbocycles. The van der Waals surface area contributed by atoms with E-state index in [0.29, 0.717) is 17.5 Å². The molecule has 5 nitrogen and oxygen atoms in total. The maximum Gasteiger partial charge on any atom is 0.305 e. The quantitative estimate of drug-likeness (QED) is 0.421. The van der Waals surface area contributed by atoms with Crippen molar-refractivity contribution in [2.75, 3.05) is 12.9 Å². The van der Waals surface area contributed by atoms with E-state index in [2.05, 4.69) is 14.9 Å². The normalized spacial score (nSPS) is 10.1. The molecular formula is C8H12N2O3S. The Bertz CT molecular complexity index is 301. The average Bonchev–Trinajstić information content (AvgIpc) is 2.58. The molecule has 0 radical (unpaired) electrons. The Morgan fingerprint density at radius 1 is 1.57 bits per heavy atom. The second-order valence-corrected chi connectivity index (χ2v) is 3.66. The number of carbonyl (C=O) groups excluding carboxylic acids is 1. The van der Waals surface area contributed by atoms with Crippen LogP contribution in [-0.2, 0) is 9.53 Å². The van der Waals surface area contributed by atoms with E-state index in [-0.39, 0.29) is 5.97 Å². The number of methoxy groups -OCH3 is 1. The summed E-state index contributed by atoms with van der Waals surface area (Å²) in [6.07, 6.45) is 1.18. The SMILES string of the molecule is COC(=O)CCCSc1nnc(C)o1. The zero-order valence-corrected chi connectivity index (χ0v) is 8.97. The van der Waals surface area contributed by atoms with Gasteiger partial charge in [0.2, 0.25) is 5.89 Å². The van der Waals surface area contributed by atoms with Gasteiger partial charge in [-0.05, 0) is 6.42 Å². The molecule has 0 aliphatic carbocycles. The number of aryl methyl sites for hydroxylation is 1. The number of carbonyl (C=O) groups is 1. The molecule has 0 atom stereocenters. The second kappa shape index (κ2) is 5.64. The van der Waals surface area contributed by atoms with E-state index in [1.807, 2.05) is 0 Å². The van der Waals surface area contributed by atoms with E-state index in [0.717, 1.165) is 12.2 Å². The van der Waals surface area contributed by atoms with Crippen molar-refractivity contribution in [1.29, 1.82) is 0 Å². The summed E-state index contributed by atoms with van der Waals surface area (Å²) >= 11 is 1.45. The summed E-state index contributed by atoms with van der Waals surface area (Å²) in [5, 5.41) is 8.05. The van der Waals surface area contributed by atoms with E-state index >= 15 is 0 Å². The topological polar surface area (TPSA) is 65.2 Å². The Morgan fingerprint density at radius 2 is 2.36 bits per heavy atom. The molecule has 0 saturated carbocycles.